The van der Waals surface area contributed by atoms with Crippen molar-refractivity contribution >= 4 is 23.2 Å². The van der Waals surface area contributed by atoms with Crippen molar-refractivity contribution < 1.29 is 14.6 Å². The Labute approximate surface area is 123 Å². The molecule has 1 aromatic rings. The van der Waals surface area contributed by atoms with Crippen molar-refractivity contribution in [2.75, 3.05) is 38.2 Å². The highest BCUT2D eigenvalue weighted by Gasteiger charge is 2.28. The molecule has 0 aliphatic carbocycles. The lowest BCUT2D eigenvalue weighted by Crippen LogP contribution is -2.50. The van der Waals surface area contributed by atoms with E-state index < -0.39 is 0 Å². The zero-order valence-electron chi connectivity index (χ0n) is 11.4. The first-order valence-corrected chi connectivity index (χ1v) is 7.08. The molecule has 0 radical (unpaired) electrons. The number of morpholine rings is 1. The van der Waals surface area contributed by atoms with Gasteiger partial charge in [0.25, 0.3) is 5.91 Å². The maximum atomic E-state index is 12.7. The van der Waals surface area contributed by atoms with E-state index in [0.29, 0.717) is 36.9 Å². The average Bonchev–Trinajstić information content (AvgIpc) is 2.48. The third kappa shape index (κ3) is 3.23. The van der Waals surface area contributed by atoms with Crippen LogP contribution in [0, 0.1) is 0 Å². The molecular weight excluding hydrogens is 280 g/mol. The highest BCUT2D eigenvalue weighted by atomic mass is 35.5. The summed E-state index contributed by atoms with van der Waals surface area (Å²) in [5.41, 5.74) is 1.28. The minimum absolute atomic E-state index is 0.108. The number of aliphatic hydroxyl groups excluding tert-OH is 1. The number of nitrogens with one attached hydrogen (secondary N) is 1. The van der Waals surface area contributed by atoms with Crippen LogP contribution in [0.15, 0.2) is 18.2 Å². The first-order chi connectivity index (χ1) is 9.67. The van der Waals surface area contributed by atoms with Crippen molar-refractivity contribution in [3.05, 3.63) is 28.8 Å². The van der Waals surface area contributed by atoms with E-state index in [4.69, 9.17) is 16.3 Å². The van der Waals surface area contributed by atoms with Crippen molar-refractivity contribution in [1.82, 2.24) is 4.90 Å². The number of ether oxygens (including phenoxy) is 1. The fourth-order valence-corrected chi connectivity index (χ4v) is 2.44. The zero-order chi connectivity index (χ0) is 14.5. The van der Waals surface area contributed by atoms with Gasteiger partial charge in [0.1, 0.15) is 0 Å². The topological polar surface area (TPSA) is 61.8 Å². The second-order valence-corrected chi connectivity index (χ2v) is 5.07. The van der Waals surface area contributed by atoms with Crippen LogP contribution in [0.3, 0.4) is 0 Å². The van der Waals surface area contributed by atoms with Crippen LogP contribution in [0.25, 0.3) is 0 Å². The summed E-state index contributed by atoms with van der Waals surface area (Å²) in [6.45, 7) is 3.90. The molecule has 1 saturated heterocycles. The Hall–Kier alpha value is -1.30. The number of hydrogen-bond acceptors (Lipinski definition) is 4. The molecule has 0 saturated carbocycles. The molecule has 1 atom stereocenters. The Balaban J connectivity index is 2.29. The van der Waals surface area contributed by atoms with Gasteiger partial charge in [0.2, 0.25) is 0 Å². The van der Waals surface area contributed by atoms with Crippen LogP contribution < -0.4 is 5.32 Å². The van der Waals surface area contributed by atoms with E-state index in [1.54, 1.807) is 23.1 Å². The van der Waals surface area contributed by atoms with E-state index in [9.17, 15) is 9.90 Å². The van der Waals surface area contributed by atoms with Gasteiger partial charge in [0.05, 0.1) is 31.4 Å². The van der Waals surface area contributed by atoms with Crippen molar-refractivity contribution in [3.63, 3.8) is 0 Å². The Morgan fingerprint density at radius 3 is 3.10 bits per heavy atom. The molecule has 1 aliphatic rings. The molecule has 6 heteroatoms. The van der Waals surface area contributed by atoms with Crippen LogP contribution in [0.4, 0.5) is 5.69 Å². The van der Waals surface area contributed by atoms with Gasteiger partial charge < -0.3 is 20.1 Å². The summed E-state index contributed by atoms with van der Waals surface area (Å²) in [6.07, 6.45) is 0. The number of anilines is 1. The third-order valence-corrected chi connectivity index (χ3v) is 3.51. The monoisotopic (exact) mass is 298 g/mol. The quantitative estimate of drug-likeness (QED) is 0.886. The molecule has 1 fully saturated rings. The summed E-state index contributed by atoms with van der Waals surface area (Å²) in [5.74, 6) is -0.134. The number of hydrogen-bond donors (Lipinski definition) is 2. The van der Waals surface area contributed by atoms with Gasteiger partial charge in [-0.05, 0) is 25.1 Å². The smallest absolute Gasteiger partial charge is 0.256 e. The van der Waals surface area contributed by atoms with Crippen LogP contribution in [0.2, 0.25) is 5.02 Å². The van der Waals surface area contributed by atoms with E-state index in [-0.39, 0.29) is 18.6 Å². The van der Waals surface area contributed by atoms with Gasteiger partial charge in [0.15, 0.2) is 0 Å². The molecule has 20 heavy (non-hydrogen) atoms. The number of halogens is 1. The van der Waals surface area contributed by atoms with Gasteiger partial charge in [-0.25, -0.2) is 0 Å². The molecule has 2 rings (SSSR count). The van der Waals surface area contributed by atoms with Crippen molar-refractivity contribution in [3.8, 4) is 0 Å². The molecule has 2 N–H and O–H groups in total. The SMILES string of the molecule is CCNc1ccc(Cl)cc1C(=O)N1CCOCC1CO. The Kier molecular flexibility index (Phi) is 5.23. The predicted octanol–water partition coefficient (Wildman–Crippen LogP) is 1.61. The fraction of sp³-hybridized carbons (Fsp3) is 0.500. The Morgan fingerprint density at radius 2 is 2.40 bits per heavy atom. The number of carbonyl (C=O) groups is 1. The van der Waals surface area contributed by atoms with E-state index in [2.05, 4.69) is 5.32 Å². The van der Waals surface area contributed by atoms with Gasteiger partial charge in [-0.2, -0.15) is 0 Å². The number of aliphatic hydroxyl groups is 1. The highest BCUT2D eigenvalue weighted by Crippen LogP contribution is 2.23. The zero-order valence-corrected chi connectivity index (χ0v) is 12.2. The molecule has 1 aliphatic heterocycles. The lowest BCUT2D eigenvalue weighted by Gasteiger charge is -2.35. The van der Waals surface area contributed by atoms with Gasteiger partial charge in [0, 0.05) is 23.8 Å². The number of amides is 1. The van der Waals surface area contributed by atoms with Crippen LogP contribution in [0.1, 0.15) is 17.3 Å². The van der Waals surface area contributed by atoms with Gasteiger partial charge in [-0.3, -0.25) is 4.79 Å². The second kappa shape index (κ2) is 6.92. The van der Waals surface area contributed by atoms with Crippen molar-refractivity contribution in [2.45, 2.75) is 13.0 Å². The number of nitrogens with zero attached hydrogens (tertiary/aromatic N) is 1. The summed E-state index contributed by atoms with van der Waals surface area (Å²) in [6, 6.07) is 4.91. The molecule has 0 spiro atoms. The minimum Gasteiger partial charge on any atom is -0.394 e. The van der Waals surface area contributed by atoms with Crippen LogP contribution >= 0.6 is 11.6 Å². The fourth-order valence-electron chi connectivity index (χ4n) is 2.27. The van der Waals surface area contributed by atoms with Gasteiger partial charge in [-0.15, -0.1) is 0 Å². The first-order valence-electron chi connectivity index (χ1n) is 6.70. The number of benzene rings is 1. The molecule has 0 aromatic heterocycles. The molecule has 5 nitrogen and oxygen atoms in total. The molecule has 1 amide bonds. The Morgan fingerprint density at radius 1 is 1.60 bits per heavy atom. The standard InChI is InChI=1S/C14H19ClN2O3/c1-2-16-13-4-3-10(15)7-12(13)14(19)17-5-6-20-9-11(17)8-18/h3-4,7,11,16,18H,2,5-6,8-9H2,1H3. The van der Waals surface area contributed by atoms with E-state index in [1.165, 1.54) is 0 Å². The molecule has 0 bridgehead atoms. The third-order valence-electron chi connectivity index (χ3n) is 3.28. The average molecular weight is 299 g/mol. The largest absolute Gasteiger partial charge is 0.394 e. The van der Waals surface area contributed by atoms with Crippen LogP contribution in [-0.2, 0) is 4.74 Å². The van der Waals surface area contributed by atoms with Gasteiger partial charge >= 0.3 is 0 Å². The lowest BCUT2D eigenvalue weighted by atomic mass is 10.1. The van der Waals surface area contributed by atoms with Crippen molar-refractivity contribution in [2.24, 2.45) is 0 Å². The normalized spacial score (nSPS) is 18.9. The lowest BCUT2D eigenvalue weighted by molar-refractivity contribution is -0.0183. The summed E-state index contributed by atoms with van der Waals surface area (Å²) in [7, 11) is 0. The Bertz CT molecular complexity index is 481. The van der Waals surface area contributed by atoms with E-state index in [1.807, 2.05) is 6.92 Å². The van der Waals surface area contributed by atoms with E-state index in [0.717, 1.165) is 5.69 Å². The maximum Gasteiger partial charge on any atom is 0.256 e. The molecular formula is C14H19ClN2O3. The highest BCUT2D eigenvalue weighted by molar-refractivity contribution is 6.31. The van der Waals surface area contributed by atoms with E-state index >= 15 is 0 Å². The number of carbonyl (C=O) groups excluding carboxylic acids is 1. The van der Waals surface area contributed by atoms with Crippen molar-refractivity contribution in [1.29, 1.82) is 0 Å². The number of rotatable bonds is 4. The van der Waals surface area contributed by atoms with Gasteiger partial charge in [-0.1, -0.05) is 11.6 Å². The minimum atomic E-state index is -0.301. The molecule has 1 heterocycles. The first kappa shape index (κ1) is 15.1. The molecule has 1 aromatic carbocycles. The van der Waals surface area contributed by atoms with Crippen LogP contribution in [-0.4, -0.2) is 54.9 Å². The molecule has 110 valence electrons. The molecule has 1 unspecified atom stereocenters. The summed E-state index contributed by atoms with van der Waals surface area (Å²) < 4.78 is 5.30. The predicted molar refractivity (Wildman–Crippen MR) is 78.3 cm³/mol. The van der Waals surface area contributed by atoms with Crippen LogP contribution in [0.5, 0.6) is 0 Å². The maximum absolute atomic E-state index is 12.7. The second-order valence-electron chi connectivity index (χ2n) is 4.63. The summed E-state index contributed by atoms with van der Waals surface area (Å²) >= 11 is 6.00. The summed E-state index contributed by atoms with van der Waals surface area (Å²) in [5, 5.41) is 13.0. The summed E-state index contributed by atoms with van der Waals surface area (Å²) in [4.78, 5) is 14.3.